The van der Waals surface area contributed by atoms with Crippen LogP contribution in [0.5, 0.6) is 5.75 Å². The molecule has 150 valence electrons. The number of amides is 1. The number of aromatic nitrogens is 2. The fourth-order valence-electron chi connectivity index (χ4n) is 2.97. The van der Waals surface area contributed by atoms with Gasteiger partial charge in [0.25, 0.3) is 5.91 Å². The smallest absolute Gasteiger partial charge is 0.387 e. The van der Waals surface area contributed by atoms with Gasteiger partial charge in [0.1, 0.15) is 11.4 Å². The summed E-state index contributed by atoms with van der Waals surface area (Å²) >= 11 is 0. The minimum Gasteiger partial charge on any atom is -0.435 e. The van der Waals surface area contributed by atoms with Crippen molar-refractivity contribution in [2.24, 2.45) is 0 Å². The number of anilines is 1. The van der Waals surface area contributed by atoms with Crippen molar-refractivity contribution in [2.45, 2.75) is 6.61 Å². The Kier molecular flexibility index (Phi) is 5.52. The van der Waals surface area contributed by atoms with Gasteiger partial charge in [-0.3, -0.25) is 9.89 Å². The zero-order chi connectivity index (χ0) is 20.9. The number of halogens is 2. The van der Waals surface area contributed by atoms with Crippen LogP contribution in [0.2, 0.25) is 0 Å². The molecule has 0 saturated heterocycles. The van der Waals surface area contributed by atoms with Crippen LogP contribution in [-0.4, -0.2) is 22.7 Å². The normalized spacial score (nSPS) is 10.8. The number of ether oxygens (including phenoxy) is 1. The predicted molar refractivity (Wildman–Crippen MR) is 110 cm³/mol. The number of carbonyl (C=O) groups excluding carboxylic acids is 1. The molecule has 0 fully saturated rings. The van der Waals surface area contributed by atoms with Crippen LogP contribution in [0.3, 0.4) is 0 Å². The lowest BCUT2D eigenvalue weighted by Gasteiger charge is -2.06. The maximum absolute atomic E-state index is 12.5. The molecule has 1 amide bonds. The maximum atomic E-state index is 12.5. The topological polar surface area (TPSA) is 67.0 Å². The Morgan fingerprint density at radius 3 is 2.17 bits per heavy atom. The van der Waals surface area contributed by atoms with Gasteiger partial charge in [0.2, 0.25) is 0 Å². The molecule has 1 heterocycles. The highest BCUT2D eigenvalue weighted by molar-refractivity contribution is 6.03. The number of benzene rings is 3. The molecule has 0 saturated carbocycles. The van der Waals surface area contributed by atoms with E-state index >= 15 is 0 Å². The van der Waals surface area contributed by atoms with Crippen molar-refractivity contribution in [3.05, 3.63) is 90.6 Å². The van der Waals surface area contributed by atoms with Crippen LogP contribution >= 0.6 is 0 Å². The van der Waals surface area contributed by atoms with Gasteiger partial charge in [-0.2, -0.15) is 13.9 Å². The van der Waals surface area contributed by atoms with Gasteiger partial charge >= 0.3 is 6.61 Å². The van der Waals surface area contributed by atoms with Crippen molar-refractivity contribution in [2.75, 3.05) is 5.32 Å². The number of rotatable bonds is 6. The molecule has 7 heteroatoms. The number of alkyl halides is 2. The van der Waals surface area contributed by atoms with E-state index in [9.17, 15) is 13.6 Å². The zero-order valence-electron chi connectivity index (χ0n) is 15.7. The molecule has 0 spiro atoms. The summed E-state index contributed by atoms with van der Waals surface area (Å²) in [5.41, 5.74) is 4.27. The van der Waals surface area contributed by atoms with Crippen molar-refractivity contribution >= 4 is 11.6 Å². The van der Waals surface area contributed by atoms with Gasteiger partial charge in [-0.25, -0.2) is 0 Å². The van der Waals surface area contributed by atoms with Crippen LogP contribution in [0.25, 0.3) is 22.4 Å². The van der Waals surface area contributed by atoms with E-state index in [0.717, 1.165) is 11.1 Å². The third kappa shape index (κ3) is 4.52. The van der Waals surface area contributed by atoms with E-state index in [4.69, 9.17) is 0 Å². The Morgan fingerprint density at radius 2 is 1.50 bits per heavy atom. The van der Waals surface area contributed by atoms with Gasteiger partial charge in [0, 0.05) is 11.3 Å². The molecule has 4 aromatic rings. The number of nitrogens with zero attached hydrogens (tertiary/aromatic N) is 1. The molecule has 5 nitrogen and oxygen atoms in total. The highest BCUT2D eigenvalue weighted by atomic mass is 19.3. The second kappa shape index (κ2) is 8.57. The molecule has 0 radical (unpaired) electrons. The average Bonchev–Trinajstić information content (AvgIpc) is 3.25. The fraction of sp³-hybridized carbons (Fsp3) is 0.0435. The SMILES string of the molecule is O=C(Nc1ccc(-c2ccccc2)cc1)c1cc(-c2ccc(OC(F)F)cc2)n[nH]1. The van der Waals surface area contributed by atoms with Crippen molar-refractivity contribution in [1.82, 2.24) is 10.2 Å². The molecular weight excluding hydrogens is 388 g/mol. The van der Waals surface area contributed by atoms with Crippen LogP contribution in [0.1, 0.15) is 10.5 Å². The first-order chi connectivity index (χ1) is 14.6. The second-order valence-electron chi connectivity index (χ2n) is 6.47. The molecular formula is C23H17F2N3O2. The first-order valence-electron chi connectivity index (χ1n) is 9.16. The van der Waals surface area contributed by atoms with E-state index in [1.54, 1.807) is 18.2 Å². The van der Waals surface area contributed by atoms with Gasteiger partial charge in [-0.1, -0.05) is 42.5 Å². The van der Waals surface area contributed by atoms with Gasteiger partial charge in [-0.05, 0) is 53.6 Å². The molecule has 0 unspecified atom stereocenters. The Morgan fingerprint density at radius 1 is 0.867 bits per heavy atom. The summed E-state index contributed by atoms with van der Waals surface area (Å²) < 4.78 is 28.8. The lowest BCUT2D eigenvalue weighted by molar-refractivity contribution is -0.0498. The molecule has 0 atom stereocenters. The largest absolute Gasteiger partial charge is 0.435 e. The molecule has 2 N–H and O–H groups in total. The number of nitrogens with one attached hydrogen (secondary N) is 2. The fourth-order valence-corrected chi connectivity index (χ4v) is 2.97. The Bertz CT molecular complexity index is 1130. The number of carbonyl (C=O) groups is 1. The number of hydrogen-bond acceptors (Lipinski definition) is 3. The van der Waals surface area contributed by atoms with Gasteiger partial charge in [0.05, 0.1) is 5.69 Å². The number of aromatic amines is 1. The van der Waals surface area contributed by atoms with Gasteiger partial charge in [0.15, 0.2) is 0 Å². The third-order valence-electron chi connectivity index (χ3n) is 4.45. The van der Waals surface area contributed by atoms with Crippen LogP contribution in [-0.2, 0) is 0 Å². The number of hydrogen-bond donors (Lipinski definition) is 2. The third-order valence-corrected chi connectivity index (χ3v) is 4.45. The second-order valence-corrected chi connectivity index (χ2v) is 6.47. The molecule has 0 aliphatic heterocycles. The Labute approximate surface area is 171 Å². The van der Waals surface area contributed by atoms with Crippen molar-refractivity contribution in [3.63, 3.8) is 0 Å². The standard InChI is InChI=1S/C23H17F2N3O2/c24-23(25)30-19-12-8-17(9-13-19)20-14-21(28-27-20)22(29)26-18-10-6-16(7-11-18)15-4-2-1-3-5-15/h1-14,23H,(H,26,29)(H,27,28). The number of H-pyrrole nitrogens is 1. The summed E-state index contributed by atoms with van der Waals surface area (Å²) in [6.07, 6.45) is 0. The van der Waals surface area contributed by atoms with Crippen molar-refractivity contribution in [3.8, 4) is 28.1 Å². The summed E-state index contributed by atoms with van der Waals surface area (Å²) in [6.45, 7) is -2.88. The molecule has 1 aromatic heterocycles. The van der Waals surface area contributed by atoms with Crippen LogP contribution in [0.15, 0.2) is 84.9 Å². The van der Waals surface area contributed by atoms with Crippen LogP contribution in [0.4, 0.5) is 14.5 Å². The molecule has 0 aliphatic carbocycles. The van der Waals surface area contributed by atoms with Crippen LogP contribution in [0, 0.1) is 0 Å². The van der Waals surface area contributed by atoms with Gasteiger partial charge in [-0.15, -0.1) is 0 Å². The quantitative estimate of drug-likeness (QED) is 0.439. The van der Waals surface area contributed by atoms with Crippen molar-refractivity contribution < 1.29 is 18.3 Å². The summed E-state index contributed by atoms with van der Waals surface area (Å²) in [7, 11) is 0. The molecule has 0 bridgehead atoms. The van der Waals surface area contributed by atoms with Crippen molar-refractivity contribution in [1.29, 1.82) is 0 Å². The summed E-state index contributed by atoms with van der Waals surface area (Å²) in [4.78, 5) is 12.5. The lowest BCUT2D eigenvalue weighted by atomic mass is 10.1. The molecule has 0 aliphatic rings. The van der Waals surface area contributed by atoms with Crippen LogP contribution < -0.4 is 10.1 Å². The zero-order valence-corrected chi connectivity index (χ0v) is 15.7. The lowest BCUT2D eigenvalue weighted by Crippen LogP contribution is -2.12. The average molecular weight is 405 g/mol. The monoisotopic (exact) mass is 405 g/mol. The van der Waals surface area contributed by atoms with E-state index in [1.807, 2.05) is 54.6 Å². The minimum atomic E-state index is -2.88. The Balaban J connectivity index is 1.43. The highest BCUT2D eigenvalue weighted by Crippen LogP contribution is 2.24. The molecule has 3 aromatic carbocycles. The Hall–Kier alpha value is -4.00. The molecule has 4 rings (SSSR count). The van der Waals surface area contributed by atoms with E-state index in [1.165, 1.54) is 12.1 Å². The summed E-state index contributed by atoms with van der Waals surface area (Å²) in [5, 5.41) is 9.63. The van der Waals surface area contributed by atoms with E-state index in [0.29, 0.717) is 16.9 Å². The summed E-state index contributed by atoms with van der Waals surface area (Å²) in [6, 6.07) is 25.1. The predicted octanol–water partition coefficient (Wildman–Crippen LogP) is 5.60. The van der Waals surface area contributed by atoms with Gasteiger partial charge < -0.3 is 10.1 Å². The first kappa shape index (κ1) is 19.3. The minimum absolute atomic E-state index is 0.0567. The van der Waals surface area contributed by atoms with E-state index in [-0.39, 0.29) is 17.4 Å². The first-order valence-corrected chi connectivity index (χ1v) is 9.16. The highest BCUT2D eigenvalue weighted by Gasteiger charge is 2.12. The van der Waals surface area contributed by atoms with E-state index in [2.05, 4.69) is 20.3 Å². The summed E-state index contributed by atoms with van der Waals surface area (Å²) in [5.74, 6) is -0.278. The maximum Gasteiger partial charge on any atom is 0.387 e. The van der Waals surface area contributed by atoms with E-state index < -0.39 is 6.61 Å². The molecule has 30 heavy (non-hydrogen) atoms.